The molecule has 0 saturated carbocycles. The molecule has 0 aliphatic heterocycles. The van der Waals surface area contributed by atoms with E-state index >= 15 is 0 Å². The summed E-state index contributed by atoms with van der Waals surface area (Å²) in [5.41, 5.74) is 15.3. The van der Waals surface area contributed by atoms with Crippen LogP contribution in [0.2, 0.25) is 0 Å². The van der Waals surface area contributed by atoms with E-state index in [2.05, 4.69) is 45.1 Å². The molecule has 4 amide bonds. The van der Waals surface area contributed by atoms with Crippen molar-refractivity contribution in [2.75, 3.05) is 87.3 Å². The van der Waals surface area contributed by atoms with Crippen LogP contribution >= 0.6 is 0 Å². The van der Waals surface area contributed by atoms with E-state index in [1.54, 1.807) is 72.8 Å². The van der Waals surface area contributed by atoms with Crippen LogP contribution in [0.5, 0.6) is 11.5 Å². The number of ether oxygens (including phenoxy) is 9. The highest BCUT2D eigenvalue weighted by Gasteiger charge is 2.24. The van der Waals surface area contributed by atoms with E-state index in [1.807, 2.05) is 170 Å². The van der Waals surface area contributed by atoms with Crippen molar-refractivity contribution in [2.24, 2.45) is 9.98 Å². The lowest BCUT2D eigenvalue weighted by Crippen LogP contribution is -2.19. The number of amides is 4. The Morgan fingerprint density at radius 3 is 0.851 bits per heavy atom. The third-order valence-electron chi connectivity index (χ3n) is 18.2. The van der Waals surface area contributed by atoms with Gasteiger partial charge in [0.1, 0.15) is 37.9 Å². The number of aliphatic imine (C=N–C) groups is 2. The molecule has 10 aromatic carbocycles. The molecule has 10 rings (SSSR count). The van der Waals surface area contributed by atoms with Gasteiger partial charge in [-0.3, -0.25) is 30.9 Å². The molecule has 0 radical (unpaired) electrons. The van der Waals surface area contributed by atoms with E-state index in [1.165, 1.54) is 12.2 Å². The largest absolute Gasteiger partial charge is 0.491 e. The summed E-state index contributed by atoms with van der Waals surface area (Å²) in [6, 6.07) is 75.7. The number of carbonyl (C=O) groups excluding carboxylic acids is 8. The number of nitrogens with one attached hydrogen (secondary N) is 4. The molecule has 0 aliphatic carbocycles. The fourth-order valence-electron chi connectivity index (χ4n) is 11.9. The quantitative estimate of drug-likeness (QED) is 0.00910. The Hall–Kier alpha value is -13.5. The van der Waals surface area contributed by atoms with Crippen molar-refractivity contribution in [1.82, 2.24) is 0 Å². The maximum Gasteiger partial charge on any atom is 0.411 e. The van der Waals surface area contributed by atoms with E-state index in [0.29, 0.717) is 110 Å². The van der Waals surface area contributed by atoms with Gasteiger partial charge < -0.3 is 42.6 Å². The van der Waals surface area contributed by atoms with E-state index in [0.717, 1.165) is 66.8 Å². The Bertz CT molecular complexity index is 4820. The molecule has 23 nitrogen and oxygen atoms in total. The van der Waals surface area contributed by atoms with Crippen molar-refractivity contribution < 1.29 is 81.0 Å². The Labute approximate surface area is 662 Å². The number of anilines is 4. The van der Waals surface area contributed by atoms with Gasteiger partial charge in [-0.25, -0.2) is 28.8 Å². The van der Waals surface area contributed by atoms with E-state index < -0.39 is 24.4 Å². The van der Waals surface area contributed by atoms with E-state index in [-0.39, 0.29) is 83.1 Å². The predicted molar refractivity (Wildman–Crippen MR) is 433 cm³/mol. The Kier molecular flexibility index (Phi) is 32.3. The number of benzene rings is 10. The summed E-state index contributed by atoms with van der Waals surface area (Å²) in [5, 5.41) is 10.9. The lowest BCUT2D eigenvalue weighted by molar-refractivity contribution is -0.144. The SMILES string of the molecule is CC(C)(c1ccc(OCCOCCOC(=O)Nc2ccc(Cc3ccc(NC(=O)OCCCCOC(=O)Cc4ccc(Cc5ccc(N=C=O)cc5)cc4)cc3)cc2)cc1)c1ccc(OCCOC(=O)Cc2ccc(Cc3ccc(NC(=O)OCCCCOC(=O)Nc4ccc(Cc5ccc(N=C=O)cc5)cc4)cc3)cc2)cc1. The molecule has 0 fully saturated rings. The summed E-state index contributed by atoms with van der Waals surface area (Å²) in [6.45, 7) is 6.13. The highest BCUT2D eigenvalue weighted by Crippen LogP contribution is 2.34. The standard InChI is InChI=1S/C91H90N6O17/c1-91(2,76-29-45-84(46-30-76)108-55-56-110-86(101)62-74-13-9-66(10-14-74)58-69-19-35-79(36-20-69)95-88(103)112-49-5-6-50-113-89(104)96-80-37-21-70(22-38-80)59-68-17-33-78(34-18-68)93-64-99)75-27-43-83(44-28-75)107-53-51-106-52-54-114-90(105)97-82-41-25-72(26-42-82)60-71-23-39-81(40-24-71)94-87(102)111-48-4-3-47-109-85(100)61-73-11-7-65(8-12-73)57-67-15-31-77(32-16-67)92-63-98/h7-46H,3-6,47-62H2,1-2H3,(H,94,102)(H,95,103)(H,96,104)(H,97,105). The van der Waals surface area contributed by atoms with Crippen molar-refractivity contribution >= 4 is 82.6 Å². The molecule has 10 aromatic rings. The van der Waals surface area contributed by atoms with Gasteiger partial charge in [-0.1, -0.05) is 159 Å². The lowest BCUT2D eigenvalue weighted by atomic mass is 9.78. The highest BCUT2D eigenvalue weighted by molar-refractivity contribution is 5.86. The van der Waals surface area contributed by atoms with Gasteiger partial charge in [-0.15, -0.1) is 0 Å². The first kappa shape index (κ1) is 83.0. The van der Waals surface area contributed by atoms with Gasteiger partial charge in [0, 0.05) is 28.2 Å². The summed E-state index contributed by atoms with van der Waals surface area (Å²) in [7, 11) is 0. The molecule has 4 N–H and O–H groups in total. The molecule has 0 spiro atoms. The summed E-state index contributed by atoms with van der Waals surface area (Å²) in [6.07, 6.45) is 5.72. The van der Waals surface area contributed by atoms with Gasteiger partial charge in [0.25, 0.3) is 0 Å². The van der Waals surface area contributed by atoms with Crippen LogP contribution in [0.15, 0.2) is 253 Å². The summed E-state index contributed by atoms with van der Waals surface area (Å²) in [5.74, 6) is 0.661. The van der Waals surface area contributed by atoms with Crippen LogP contribution in [0.1, 0.15) is 106 Å². The molecule has 0 heterocycles. The Morgan fingerprint density at radius 2 is 0.535 bits per heavy atom. The van der Waals surface area contributed by atoms with Crippen molar-refractivity contribution in [3.05, 3.63) is 309 Å². The lowest BCUT2D eigenvalue weighted by Gasteiger charge is -2.26. The molecule has 0 saturated heterocycles. The molecular weight excluding hydrogens is 1450 g/mol. The van der Waals surface area contributed by atoms with Crippen LogP contribution in [-0.2, 0) is 96.3 Å². The van der Waals surface area contributed by atoms with E-state index in [9.17, 15) is 38.4 Å². The third kappa shape index (κ3) is 29.1. The fraction of sp³-hybridized carbons (Fsp3) is 0.253. The summed E-state index contributed by atoms with van der Waals surface area (Å²) < 4.78 is 49.6. The molecule has 114 heavy (non-hydrogen) atoms. The number of isocyanates is 2. The van der Waals surface area contributed by atoms with Gasteiger partial charge in [0.15, 0.2) is 0 Å². The van der Waals surface area contributed by atoms with Gasteiger partial charge in [-0.2, -0.15) is 9.98 Å². The van der Waals surface area contributed by atoms with Crippen LogP contribution in [0.4, 0.5) is 53.3 Å². The second-order valence-electron chi connectivity index (χ2n) is 27.1. The van der Waals surface area contributed by atoms with Crippen molar-refractivity contribution in [3.63, 3.8) is 0 Å². The zero-order valence-corrected chi connectivity index (χ0v) is 63.6. The Balaban J connectivity index is 0.507. The maximum atomic E-state index is 12.7. The number of hydrogen-bond acceptors (Lipinski definition) is 19. The maximum absolute atomic E-state index is 12.7. The minimum absolute atomic E-state index is 0.0557. The van der Waals surface area contributed by atoms with Crippen LogP contribution in [0.3, 0.4) is 0 Å². The molecule has 0 bridgehead atoms. The molecule has 0 aliphatic rings. The number of hydrogen-bond donors (Lipinski definition) is 4. The summed E-state index contributed by atoms with van der Waals surface area (Å²) >= 11 is 0. The molecule has 0 aromatic heterocycles. The number of carbonyl (C=O) groups is 6. The monoisotopic (exact) mass is 1540 g/mol. The third-order valence-corrected chi connectivity index (χ3v) is 18.2. The topological polar surface area (TPSA) is 292 Å². The zero-order chi connectivity index (χ0) is 80.0. The van der Waals surface area contributed by atoms with Gasteiger partial charge in [-0.05, 0) is 215 Å². The van der Waals surface area contributed by atoms with Crippen molar-refractivity contribution in [1.29, 1.82) is 0 Å². The molecular formula is C91H90N6O17. The summed E-state index contributed by atoms with van der Waals surface area (Å²) in [4.78, 5) is 103. The number of unbranched alkanes of at least 4 members (excludes halogenated alkanes) is 2. The molecule has 0 unspecified atom stereocenters. The van der Waals surface area contributed by atoms with Crippen LogP contribution in [0.25, 0.3) is 0 Å². The Morgan fingerprint density at radius 1 is 0.289 bits per heavy atom. The number of esters is 2. The van der Waals surface area contributed by atoms with E-state index in [4.69, 9.17) is 42.6 Å². The fourth-order valence-corrected chi connectivity index (χ4v) is 11.9. The van der Waals surface area contributed by atoms with Crippen molar-refractivity contribution in [2.45, 2.75) is 83.5 Å². The predicted octanol–water partition coefficient (Wildman–Crippen LogP) is 17.8. The van der Waals surface area contributed by atoms with Crippen molar-refractivity contribution in [3.8, 4) is 11.5 Å². The smallest absolute Gasteiger partial charge is 0.411 e. The average Bonchev–Trinajstić information content (AvgIpc) is 0.874. The zero-order valence-electron chi connectivity index (χ0n) is 63.6. The normalized spacial score (nSPS) is 10.8. The van der Waals surface area contributed by atoms with Crippen LogP contribution < -0.4 is 30.7 Å². The first-order chi connectivity index (χ1) is 55.5. The second-order valence-corrected chi connectivity index (χ2v) is 27.1. The van der Waals surface area contributed by atoms with Crippen LogP contribution in [0, 0.1) is 0 Å². The van der Waals surface area contributed by atoms with Gasteiger partial charge in [0.05, 0.1) is 63.9 Å². The van der Waals surface area contributed by atoms with Crippen LogP contribution in [-0.4, -0.2) is 115 Å². The highest BCUT2D eigenvalue weighted by atomic mass is 16.6. The molecule has 0 atom stereocenters. The van der Waals surface area contributed by atoms with Gasteiger partial charge in [0.2, 0.25) is 12.2 Å². The average molecular weight is 1540 g/mol. The first-order valence-corrected chi connectivity index (χ1v) is 37.5. The molecule has 23 heteroatoms. The first-order valence-electron chi connectivity index (χ1n) is 37.5. The second kappa shape index (κ2) is 44.4. The number of rotatable bonds is 41. The minimum atomic E-state index is -0.601. The minimum Gasteiger partial charge on any atom is -0.491 e. The number of nitrogens with zero attached hydrogens (tertiary/aromatic N) is 2. The molecule has 586 valence electrons. The van der Waals surface area contributed by atoms with Gasteiger partial charge >= 0.3 is 36.3 Å².